The van der Waals surface area contributed by atoms with Gasteiger partial charge in [0.05, 0.1) is 18.2 Å². The smallest absolute Gasteiger partial charge is 0.321 e. The highest BCUT2D eigenvalue weighted by Gasteiger charge is 2.13. The van der Waals surface area contributed by atoms with E-state index in [-0.39, 0.29) is 12.6 Å². The third-order valence-corrected chi connectivity index (χ3v) is 3.22. The van der Waals surface area contributed by atoms with Gasteiger partial charge in [0.15, 0.2) is 0 Å². The van der Waals surface area contributed by atoms with Crippen molar-refractivity contribution in [3.63, 3.8) is 0 Å². The van der Waals surface area contributed by atoms with Crippen molar-refractivity contribution in [3.8, 4) is 5.75 Å². The van der Waals surface area contributed by atoms with Crippen LogP contribution in [0, 0.1) is 0 Å². The third-order valence-electron chi connectivity index (χ3n) is 2.92. The van der Waals surface area contributed by atoms with Crippen molar-refractivity contribution >= 4 is 23.3 Å². The van der Waals surface area contributed by atoms with Gasteiger partial charge in [-0.15, -0.1) is 0 Å². The van der Waals surface area contributed by atoms with Gasteiger partial charge in [0.2, 0.25) is 0 Å². The Labute approximate surface area is 130 Å². The summed E-state index contributed by atoms with van der Waals surface area (Å²) in [6, 6.07) is 4.88. The number of carbonyl (C=O) groups is 1. The first-order valence-electron chi connectivity index (χ1n) is 7.21. The van der Waals surface area contributed by atoms with Crippen molar-refractivity contribution in [2.45, 2.75) is 26.7 Å². The van der Waals surface area contributed by atoms with Gasteiger partial charge >= 0.3 is 6.03 Å². The zero-order chi connectivity index (χ0) is 15.7. The van der Waals surface area contributed by atoms with Crippen LogP contribution in [-0.2, 0) is 0 Å². The van der Waals surface area contributed by atoms with Crippen LogP contribution in [0.1, 0.15) is 26.7 Å². The number of ether oxygens (including phenoxy) is 1. The predicted molar refractivity (Wildman–Crippen MR) is 85.2 cm³/mol. The maximum atomic E-state index is 12.2. The van der Waals surface area contributed by atoms with Crippen molar-refractivity contribution in [1.29, 1.82) is 0 Å². The van der Waals surface area contributed by atoms with E-state index in [1.165, 1.54) is 0 Å². The summed E-state index contributed by atoms with van der Waals surface area (Å²) >= 11 is 6.09. The fourth-order valence-electron chi connectivity index (χ4n) is 1.84. The maximum Gasteiger partial charge on any atom is 0.321 e. The van der Waals surface area contributed by atoms with Gasteiger partial charge in [0.1, 0.15) is 5.75 Å². The first kappa shape index (κ1) is 17.6. The molecular weight excluding hydrogens is 292 g/mol. The van der Waals surface area contributed by atoms with Crippen LogP contribution in [-0.4, -0.2) is 42.3 Å². The van der Waals surface area contributed by atoms with Crippen LogP contribution < -0.4 is 10.1 Å². The number of aliphatic hydroxyl groups is 1. The molecule has 0 spiro atoms. The summed E-state index contributed by atoms with van der Waals surface area (Å²) in [6.45, 7) is 5.35. The molecule has 0 unspecified atom stereocenters. The number of anilines is 1. The largest absolute Gasteiger partial charge is 0.492 e. The summed E-state index contributed by atoms with van der Waals surface area (Å²) in [5, 5.41) is 12.3. The maximum absolute atomic E-state index is 12.2. The lowest BCUT2D eigenvalue weighted by molar-refractivity contribution is 0.187. The van der Waals surface area contributed by atoms with Crippen molar-refractivity contribution in [1.82, 2.24) is 4.90 Å². The Balaban J connectivity index is 2.69. The van der Waals surface area contributed by atoms with E-state index in [0.29, 0.717) is 36.2 Å². The number of hydrogen-bond donors (Lipinski definition) is 2. The van der Waals surface area contributed by atoms with Crippen LogP contribution >= 0.6 is 11.6 Å². The Morgan fingerprint density at radius 2 is 2.14 bits per heavy atom. The van der Waals surface area contributed by atoms with E-state index in [4.69, 9.17) is 21.4 Å². The first-order valence-corrected chi connectivity index (χ1v) is 7.59. The van der Waals surface area contributed by atoms with Crippen LogP contribution in [0.2, 0.25) is 5.02 Å². The topological polar surface area (TPSA) is 61.8 Å². The highest BCUT2D eigenvalue weighted by molar-refractivity contribution is 6.32. The number of urea groups is 1. The molecule has 5 nitrogen and oxygen atoms in total. The monoisotopic (exact) mass is 314 g/mol. The van der Waals surface area contributed by atoms with Crippen LogP contribution in [0.5, 0.6) is 5.75 Å². The van der Waals surface area contributed by atoms with Gasteiger partial charge in [0, 0.05) is 18.8 Å². The minimum absolute atomic E-state index is 0.0544. The quantitative estimate of drug-likeness (QED) is 0.773. The second-order valence-electron chi connectivity index (χ2n) is 4.57. The number of unbranched alkanes of at least 4 members (excludes halogenated alkanes) is 1. The van der Waals surface area contributed by atoms with Crippen molar-refractivity contribution in [3.05, 3.63) is 23.2 Å². The van der Waals surface area contributed by atoms with E-state index in [1.807, 2.05) is 6.92 Å². The van der Waals surface area contributed by atoms with Gasteiger partial charge in [-0.25, -0.2) is 4.79 Å². The molecule has 0 saturated carbocycles. The van der Waals surface area contributed by atoms with Gasteiger partial charge in [-0.05, 0) is 31.5 Å². The fourth-order valence-corrected chi connectivity index (χ4v) is 2.07. The second kappa shape index (κ2) is 9.47. The number of carbonyl (C=O) groups excluding carboxylic acids is 1. The highest BCUT2D eigenvalue weighted by atomic mass is 35.5. The number of benzene rings is 1. The Morgan fingerprint density at radius 1 is 1.38 bits per heavy atom. The zero-order valence-corrected chi connectivity index (χ0v) is 13.3. The third kappa shape index (κ3) is 5.81. The SMILES string of the molecule is CCCCN(CCO)C(=O)Nc1ccc(OCC)c(Cl)c1. The number of aliphatic hydroxyl groups excluding tert-OH is 1. The van der Waals surface area contributed by atoms with Crippen LogP contribution in [0.25, 0.3) is 0 Å². The predicted octanol–water partition coefficient (Wildman–Crippen LogP) is 3.37. The summed E-state index contributed by atoms with van der Waals surface area (Å²) in [5.41, 5.74) is 0.605. The Hall–Kier alpha value is -1.46. The minimum Gasteiger partial charge on any atom is -0.492 e. The van der Waals surface area contributed by atoms with E-state index in [9.17, 15) is 4.79 Å². The van der Waals surface area contributed by atoms with E-state index < -0.39 is 0 Å². The molecule has 1 aromatic rings. The molecule has 1 aromatic carbocycles. The van der Waals surface area contributed by atoms with Gasteiger partial charge in [-0.3, -0.25) is 0 Å². The summed E-state index contributed by atoms with van der Waals surface area (Å²) in [5.74, 6) is 0.593. The van der Waals surface area contributed by atoms with Gasteiger partial charge in [0.25, 0.3) is 0 Å². The molecule has 6 heteroatoms. The van der Waals surface area contributed by atoms with Crippen LogP contribution in [0.4, 0.5) is 10.5 Å². The van der Waals surface area contributed by atoms with Crippen molar-refractivity contribution < 1.29 is 14.6 Å². The number of nitrogens with zero attached hydrogens (tertiary/aromatic N) is 1. The van der Waals surface area contributed by atoms with Gasteiger partial charge in [-0.2, -0.15) is 0 Å². The summed E-state index contributed by atoms with van der Waals surface area (Å²) in [6.07, 6.45) is 1.89. The molecule has 2 N–H and O–H groups in total. The molecule has 118 valence electrons. The first-order chi connectivity index (χ1) is 10.1. The van der Waals surface area contributed by atoms with E-state index >= 15 is 0 Å². The van der Waals surface area contributed by atoms with E-state index in [2.05, 4.69) is 12.2 Å². The number of amides is 2. The standard InChI is InChI=1S/C15H23ClN2O3/c1-3-5-8-18(9-10-19)15(20)17-12-6-7-14(21-4-2)13(16)11-12/h6-7,11,19H,3-5,8-10H2,1-2H3,(H,17,20). The molecule has 0 aliphatic heterocycles. The molecule has 0 aliphatic carbocycles. The zero-order valence-electron chi connectivity index (χ0n) is 12.6. The van der Waals surface area contributed by atoms with Crippen LogP contribution in [0.3, 0.4) is 0 Å². The molecule has 0 atom stereocenters. The molecule has 1 rings (SSSR count). The normalized spacial score (nSPS) is 10.3. The molecule has 21 heavy (non-hydrogen) atoms. The van der Waals surface area contributed by atoms with Crippen LogP contribution in [0.15, 0.2) is 18.2 Å². The molecule has 0 radical (unpaired) electrons. The van der Waals surface area contributed by atoms with Crippen molar-refractivity contribution in [2.24, 2.45) is 0 Å². The molecule has 2 amide bonds. The molecule has 0 bridgehead atoms. The Kier molecular flexibility index (Phi) is 7.93. The van der Waals surface area contributed by atoms with Gasteiger partial charge in [-0.1, -0.05) is 24.9 Å². The van der Waals surface area contributed by atoms with Crippen molar-refractivity contribution in [2.75, 3.05) is 31.6 Å². The molecular formula is C15H23ClN2O3. The minimum atomic E-state index is -0.238. The lowest BCUT2D eigenvalue weighted by Crippen LogP contribution is -2.37. The summed E-state index contributed by atoms with van der Waals surface area (Å²) in [4.78, 5) is 13.8. The average Bonchev–Trinajstić information content (AvgIpc) is 2.46. The molecule has 0 fully saturated rings. The summed E-state index contributed by atoms with van der Waals surface area (Å²) in [7, 11) is 0. The lowest BCUT2D eigenvalue weighted by Gasteiger charge is -2.22. The van der Waals surface area contributed by atoms with E-state index in [1.54, 1.807) is 23.1 Å². The number of nitrogens with one attached hydrogen (secondary N) is 1. The fraction of sp³-hybridized carbons (Fsp3) is 0.533. The highest BCUT2D eigenvalue weighted by Crippen LogP contribution is 2.27. The Morgan fingerprint density at radius 3 is 2.71 bits per heavy atom. The number of halogens is 1. The number of rotatable bonds is 8. The number of hydrogen-bond acceptors (Lipinski definition) is 3. The summed E-state index contributed by atoms with van der Waals surface area (Å²) < 4.78 is 5.35. The van der Waals surface area contributed by atoms with E-state index in [0.717, 1.165) is 12.8 Å². The molecule has 0 aromatic heterocycles. The molecule has 0 saturated heterocycles. The average molecular weight is 315 g/mol. The lowest BCUT2D eigenvalue weighted by atomic mass is 10.3. The molecule has 0 heterocycles. The van der Waals surface area contributed by atoms with Gasteiger partial charge < -0.3 is 20.1 Å². The molecule has 0 aliphatic rings. The Bertz CT molecular complexity index is 455. The second-order valence-corrected chi connectivity index (χ2v) is 4.98.